The van der Waals surface area contributed by atoms with Crippen LogP contribution in [0.15, 0.2) is 20.8 Å². The van der Waals surface area contributed by atoms with Crippen LogP contribution in [0.3, 0.4) is 0 Å². The fraction of sp³-hybridized carbons (Fsp3) is 0.600. The van der Waals surface area contributed by atoms with Gasteiger partial charge < -0.3 is 9.84 Å². The van der Waals surface area contributed by atoms with E-state index in [0.29, 0.717) is 5.69 Å². The number of aliphatic hydroxyl groups is 1. The second-order valence-corrected chi connectivity index (χ2v) is 3.84. The number of nitroso groups, excluding NO2 is 1. The largest absolute Gasteiger partial charge is 0.379 e. The van der Waals surface area contributed by atoms with Crippen molar-refractivity contribution in [2.24, 2.45) is 5.18 Å². The zero-order chi connectivity index (χ0) is 13.7. The topological polar surface area (TPSA) is 114 Å². The summed E-state index contributed by atoms with van der Waals surface area (Å²) < 4.78 is 5.97. The third-order valence-corrected chi connectivity index (χ3v) is 2.55. The summed E-state index contributed by atoms with van der Waals surface area (Å²) in [6.07, 6.45) is -1.76. The molecule has 100 valence electrons. The molecule has 0 saturated carbocycles. The van der Waals surface area contributed by atoms with Crippen molar-refractivity contribution in [2.75, 3.05) is 13.7 Å². The van der Waals surface area contributed by atoms with Crippen LogP contribution in [-0.4, -0.2) is 34.4 Å². The predicted octanol–water partition coefficient (Wildman–Crippen LogP) is -0.493. The van der Waals surface area contributed by atoms with Crippen molar-refractivity contribution in [3.05, 3.63) is 37.5 Å². The molecule has 1 rings (SSSR count). The lowest BCUT2D eigenvalue weighted by atomic mass is 10.2. The van der Waals surface area contributed by atoms with E-state index in [4.69, 9.17) is 4.74 Å². The number of nitrogens with one attached hydrogen (secondary N) is 1. The van der Waals surface area contributed by atoms with E-state index in [-0.39, 0.29) is 13.0 Å². The zero-order valence-electron chi connectivity index (χ0n) is 10.1. The molecule has 0 spiro atoms. The van der Waals surface area contributed by atoms with Crippen molar-refractivity contribution in [1.29, 1.82) is 0 Å². The fourth-order valence-corrected chi connectivity index (χ4v) is 1.66. The van der Waals surface area contributed by atoms with E-state index in [9.17, 15) is 19.6 Å². The first-order valence-electron chi connectivity index (χ1n) is 5.32. The van der Waals surface area contributed by atoms with Crippen molar-refractivity contribution < 1.29 is 9.84 Å². The van der Waals surface area contributed by atoms with Gasteiger partial charge in [-0.3, -0.25) is 14.3 Å². The number of aliphatic hydroxyl groups excluding tert-OH is 1. The Hall–Kier alpha value is -1.80. The molecular weight excluding hydrogens is 242 g/mol. The Morgan fingerprint density at radius 2 is 2.22 bits per heavy atom. The number of ether oxygens (including phenoxy) is 1. The number of aromatic nitrogens is 2. The highest BCUT2D eigenvalue weighted by Crippen LogP contribution is 2.12. The van der Waals surface area contributed by atoms with Crippen LogP contribution in [0.1, 0.15) is 18.3 Å². The van der Waals surface area contributed by atoms with Crippen molar-refractivity contribution in [2.45, 2.75) is 25.7 Å². The van der Waals surface area contributed by atoms with Gasteiger partial charge in [0.05, 0.1) is 6.10 Å². The van der Waals surface area contributed by atoms with Crippen LogP contribution in [-0.2, 0) is 4.74 Å². The molecular formula is C10H15N3O5. The highest BCUT2D eigenvalue weighted by molar-refractivity contribution is 4.99. The Labute approximate surface area is 102 Å². The first-order chi connectivity index (χ1) is 8.49. The quantitative estimate of drug-likeness (QED) is 0.667. The SMILES string of the molecule is COC(CN=O)CC(O)n1c(C)cc(=O)[nH]c1=O. The maximum atomic E-state index is 11.6. The number of H-pyrrole nitrogens is 1. The second kappa shape index (κ2) is 6.22. The summed E-state index contributed by atoms with van der Waals surface area (Å²) in [4.78, 5) is 34.8. The van der Waals surface area contributed by atoms with Gasteiger partial charge in [0.1, 0.15) is 12.8 Å². The Balaban J connectivity index is 2.97. The van der Waals surface area contributed by atoms with Gasteiger partial charge in [0.25, 0.3) is 5.56 Å². The van der Waals surface area contributed by atoms with Gasteiger partial charge in [-0.2, -0.15) is 4.91 Å². The second-order valence-electron chi connectivity index (χ2n) is 3.84. The van der Waals surface area contributed by atoms with Crippen molar-refractivity contribution >= 4 is 0 Å². The molecule has 2 N–H and O–H groups in total. The number of hydrogen-bond acceptors (Lipinski definition) is 6. The van der Waals surface area contributed by atoms with E-state index < -0.39 is 23.6 Å². The Bertz CT molecular complexity index is 521. The summed E-state index contributed by atoms with van der Waals surface area (Å²) in [5, 5.41) is 12.6. The molecule has 0 radical (unpaired) electrons. The maximum absolute atomic E-state index is 11.6. The number of methoxy groups -OCH3 is 1. The molecule has 0 aliphatic heterocycles. The highest BCUT2D eigenvalue weighted by atomic mass is 16.5. The van der Waals surface area contributed by atoms with Gasteiger partial charge in [0.15, 0.2) is 0 Å². The van der Waals surface area contributed by atoms with Gasteiger partial charge in [0.2, 0.25) is 0 Å². The van der Waals surface area contributed by atoms with Crippen LogP contribution in [0, 0.1) is 11.8 Å². The average Bonchev–Trinajstić information content (AvgIpc) is 2.26. The van der Waals surface area contributed by atoms with Gasteiger partial charge >= 0.3 is 5.69 Å². The van der Waals surface area contributed by atoms with Gasteiger partial charge in [-0.05, 0) is 6.92 Å². The highest BCUT2D eigenvalue weighted by Gasteiger charge is 2.18. The third-order valence-electron chi connectivity index (χ3n) is 2.55. The molecule has 0 aliphatic rings. The Morgan fingerprint density at radius 3 is 2.72 bits per heavy atom. The molecule has 0 amide bonds. The third kappa shape index (κ3) is 3.34. The van der Waals surface area contributed by atoms with Crippen molar-refractivity contribution in [3.8, 4) is 0 Å². The van der Waals surface area contributed by atoms with Gasteiger partial charge in [-0.25, -0.2) is 4.79 Å². The molecule has 2 atom stereocenters. The summed E-state index contributed by atoms with van der Waals surface area (Å²) in [6.45, 7) is 1.41. The predicted molar refractivity (Wildman–Crippen MR) is 63.4 cm³/mol. The molecule has 18 heavy (non-hydrogen) atoms. The monoisotopic (exact) mass is 257 g/mol. The maximum Gasteiger partial charge on any atom is 0.330 e. The van der Waals surface area contributed by atoms with Gasteiger partial charge in [-0.15, -0.1) is 0 Å². The summed E-state index contributed by atoms with van der Waals surface area (Å²) >= 11 is 0. The van der Waals surface area contributed by atoms with Gasteiger partial charge in [-0.1, -0.05) is 5.18 Å². The number of hydrogen-bond donors (Lipinski definition) is 2. The molecule has 8 nitrogen and oxygen atoms in total. The van der Waals surface area contributed by atoms with Crippen LogP contribution in [0.2, 0.25) is 0 Å². The summed E-state index contributed by atoms with van der Waals surface area (Å²) in [6, 6.07) is 1.20. The van der Waals surface area contributed by atoms with E-state index in [1.54, 1.807) is 0 Å². The van der Waals surface area contributed by atoms with E-state index in [2.05, 4.69) is 5.18 Å². The molecule has 1 aromatic rings. The minimum absolute atomic E-state index is 0.0228. The molecule has 1 heterocycles. The molecule has 0 bridgehead atoms. The lowest BCUT2D eigenvalue weighted by Crippen LogP contribution is -2.35. The fourth-order valence-electron chi connectivity index (χ4n) is 1.66. The van der Waals surface area contributed by atoms with E-state index >= 15 is 0 Å². The summed E-state index contributed by atoms with van der Waals surface area (Å²) in [5.74, 6) is 0. The number of aryl methyl sites for hydroxylation is 1. The Kier molecular flexibility index (Phi) is 4.93. The molecule has 0 saturated heterocycles. The molecule has 8 heteroatoms. The first kappa shape index (κ1) is 14.3. The molecule has 0 aliphatic carbocycles. The lowest BCUT2D eigenvalue weighted by molar-refractivity contribution is 0.0142. The van der Waals surface area contributed by atoms with Crippen LogP contribution in [0.4, 0.5) is 0 Å². The minimum Gasteiger partial charge on any atom is -0.379 e. The van der Waals surface area contributed by atoms with E-state index in [0.717, 1.165) is 4.57 Å². The average molecular weight is 257 g/mol. The molecule has 0 aromatic carbocycles. The van der Waals surface area contributed by atoms with Crippen LogP contribution in [0.5, 0.6) is 0 Å². The zero-order valence-corrected chi connectivity index (χ0v) is 10.1. The van der Waals surface area contributed by atoms with Crippen LogP contribution in [0.25, 0.3) is 0 Å². The van der Waals surface area contributed by atoms with E-state index in [1.807, 2.05) is 4.98 Å². The van der Waals surface area contributed by atoms with E-state index in [1.165, 1.54) is 20.1 Å². The van der Waals surface area contributed by atoms with Crippen LogP contribution >= 0.6 is 0 Å². The number of aromatic amines is 1. The molecule has 1 aromatic heterocycles. The first-order valence-corrected chi connectivity index (χ1v) is 5.32. The number of nitrogens with zero attached hydrogens (tertiary/aromatic N) is 2. The smallest absolute Gasteiger partial charge is 0.330 e. The summed E-state index contributed by atoms with van der Waals surface area (Å²) in [7, 11) is 1.38. The Morgan fingerprint density at radius 1 is 1.56 bits per heavy atom. The standard InChI is InChI=1S/C10H15N3O5/c1-6-3-8(14)12-10(16)13(6)9(15)4-7(18-2)5-11-17/h3,7,9,15H,4-5H2,1-2H3,(H,12,14,16). The summed E-state index contributed by atoms with van der Waals surface area (Å²) in [5.41, 5.74) is -0.912. The van der Waals surface area contributed by atoms with Crippen LogP contribution < -0.4 is 11.2 Å². The lowest BCUT2D eigenvalue weighted by Gasteiger charge is -2.19. The van der Waals surface area contributed by atoms with Gasteiger partial charge in [0, 0.05) is 25.3 Å². The molecule has 0 fully saturated rings. The van der Waals surface area contributed by atoms with Crippen molar-refractivity contribution in [1.82, 2.24) is 9.55 Å². The normalized spacial score (nSPS) is 14.2. The van der Waals surface area contributed by atoms with Crippen molar-refractivity contribution in [3.63, 3.8) is 0 Å². The minimum atomic E-state index is -1.19. The number of rotatable bonds is 6. The molecule has 2 unspecified atom stereocenters.